The highest BCUT2D eigenvalue weighted by Crippen LogP contribution is 2.32. The number of hydrogen-bond acceptors (Lipinski definition) is 3. The Hall–Kier alpha value is -1.95. The maximum atomic E-state index is 12.4. The van der Waals surface area contributed by atoms with E-state index in [9.17, 15) is 13.2 Å². The van der Waals surface area contributed by atoms with E-state index >= 15 is 0 Å². The van der Waals surface area contributed by atoms with Gasteiger partial charge in [0.25, 0.3) is 0 Å². The van der Waals surface area contributed by atoms with Gasteiger partial charge in [-0.15, -0.1) is 0 Å². The van der Waals surface area contributed by atoms with Crippen LogP contribution in [0.25, 0.3) is 0 Å². The van der Waals surface area contributed by atoms with Gasteiger partial charge in [-0.25, -0.2) is 4.98 Å². The van der Waals surface area contributed by atoms with Gasteiger partial charge in [0, 0.05) is 0 Å². The van der Waals surface area contributed by atoms with Crippen molar-refractivity contribution in [3.63, 3.8) is 0 Å². The summed E-state index contributed by atoms with van der Waals surface area (Å²) in [5, 5.41) is 0.180. The number of halogens is 4. The molecule has 3 nitrogen and oxygen atoms in total. The zero-order valence-corrected chi connectivity index (χ0v) is 10.2. The Kier molecular flexibility index (Phi) is 3.53. The molecule has 0 atom stereocenters. The van der Waals surface area contributed by atoms with Crippen molar-refractivity contribution in [3.05, 3.63) is 47.1 Å². The number of nitrogens with zero attached hydrogens (tertiary/aromatic N) is 1. The first-order valence-corrected chi connectivity index (χ1v) is 5.50. The molecule has 1 aromatic carbocycles. The monoisotopic (exact) mass is 288 g/mol. The average Bonchev–Trinajstić information content (AvgIpc) is 2.32. The largest absolute Gasteiger partial charge is 0.438 e. The quantitative estimate of drug-likeness (QED) is 0.904. The van der Waals surface area contributed by atoms with Gasteiger partial charge >= 0.3 is 6.18 Å². The Morgan fingerprint density at radius 1 is 1.16 bits per heavy atom. The van der Waals surface area contributed by atoms with Crippen LogP contribution in [-0.4, -0.2) is 4.98 Å². The minimum atomic E-state index is -4.38. The van der Waals surface area contributed by atoms with Crippen LogP contribution in [0.3, 0.4) is 0 Å². The van der Waals surface area contributed by atoms with Gasteiger partial charge in [-0.1, -0.05) is 11.6 Å². The molecule has 0 aliphatic rings. The van der Waals surface area contributed by atoms with Crippen molar-refractivity contribution >= 4 is 17.3 Å². The smallest absolute Gasteiger partial charge is 0.416 e. The van der Waals surface area contributed by atoms with Crippen molar-refractivity contribution in [1.82, 2.24) is 4.98 Å². The molecule has 2 rings (SSSR count). The van der Waals surface area contributed by atoms with Gasteiger partial charge in [0.1, 0.15) is 10.8 Å². The number of hydrogen-bond donors (Lipinski definition) is 1. The zero-order chi connectivity index (χ0) is 14.0. The standard InChI is InChI=1S/C12H8ClF3N2O/c13-10-5-8(17)6-18-11(10)19-9-3-1-7(2-4-9)12(14,15)16/h1-6H,17H2. The van der Waals surface area contributed by atoms with Crippen LogP contribution in [-0.2, 0) is 6.18 Å². The van der Waals surface area contributed by atoms with Crippen LogP contribution in [0.1, 0.15) is 5.56 Å². The fourth-order valence-electron chi connectivity index (χ4n) is 1.34. The van der Waals surface area contributed by atoms with Crippen LogP contribution in [0.2, 0.25) is 5.02 Å². The lowest BCUT2D eigenvalue weighted by Gasteiger charge is -2.09. The number of anilines is 1. The molecule has 0 saturated heterocycles. The Morgan fingerprint density at radius 3 is 2.32 bits per heavy atom. The lowest BCUT2D eigenvalue weighted by atomic mass is 10.2. The normalized spacial score (nSPS) is 11.4. The topological polar surface area (TPSA) is 48.1 Å². The number of alkyl halides is 3. The fraction of sp³-hybridized carbons (Fsp3) is 0.0833. The van der Waals surface area contributed by atoms with Crippen molar-refractivity contribution in [2.45, 2.75) is 6.18 Å². The summed E-state index contributed by atoms with van der Waals surface area (Å²) in [6.07, 6.45) is -3.04. The molecule has 2 N–H and O–H groups in total. The lowest BCUT2D eigenvalue weighted by molar-refractivity contribution is -0.137. The van der Waals surface area contributed by atoms with Gasteiger partial charge < -0.3 is 10.5 Å². The highest BCUT2D eigenvalue weighted by atomic mass is 35.5. The predicted molar refractivity (Wildman–Crippen MR) is 65.2 cm³/mol. The van der Waals surface area contributed by atoms with E-state index in [-0.39, 0.29) is 16.7 Å². The molecule has 19 heavy (non-hydrogen) atoms. The van der Waals surface area contributed by atoms with E-state index in [1.54, 1.807) is 0 Å². The first-order valence-electron chi connectivity index (χ1n) is 5.12. The number of benzene rings is 1. The second-order valence-corrected chi connectivity index (χ2v) is 4.09. The Labute approximate surface area is 111 Å². The number of nitrogen functional groups attached to an aromatic ring is 1. The molecule has 0 spiro atoms. The minimum Gasteiger partial charge on any atom is -0.438 e. The summed E-state index contributed by atoms with van der Waals surface area (Å²) in [4.78, 5) is 3.84. The number of aromatic nitrogens is 1. The Morgan fingerprint density at radius 2 is 1.79 bits per heavy atom. The third-order valence-corrected chi connectivity index (χ3v) is 2.50. The number of rotatable bonds is 2. The van der Waals surface area contributed by atoms with Crippen LogP contribution in [0, 0.1) is 0 Å². The maximum absolute atomic E-state index is 12.4. The van der Waals surface area contributed by atoms with Gasteiger partial charge in [-0.05, 0) is 30.3 Å². The van der Waals surface area contributed by atoms with E-state index < -0.39 is 11.7 Å². The number of nitrogens with two attached hydrogens (primary N) is 1. The molecule has 0 bridgehead atoms. The van der Waals surface area contributed by atoms with Crippen LogP contribution in [0.15, 0.2) is 36.5 Å². The van der Waals surface area contributed by atoms with E-state index in [1.807, 2.05) is 0 Å². The summed E-state index contributed by atoms with van der Waals surface area (Å²) in [7, 11) is 0. The molecule has 7 heteroatoms. The number of pyridine rings is 1. The van der Waals surface area contributed by atoms with Crippen LogP contribution in [0.4, 0.5) is 18.9 Å². The number of ether oxygens (including phenoxy) is 1. The predicted octanol–water partition coefficient (Wildman–Crippen LogP) is 4.13. The Bertz CT molecular complexity index is 585. The second kappa shape index (κ2) is 4.97. The van der Waals surface area contributed by atoms with E-state index in [4.69, 9.17) is 22.1 Å². The van der Waals surface area contributed by atoms with Gasteiger partial charge in [-0.3, -0.25) is 0 Å². The average molecular weight is 289 g/mol. The van der Waals surface area contributed by atoms with Gasteiger partial charge in [-0.2, -0.15) is 13.2 Å². The van der Waals surface area contributed by atoms with Crippen LogP contribution in [0.5, 0.6) is 11.6 Å². The molecule has 1 heterocycles. The van der Waals surface area contributed by atoms with Crippen LogP contribution < -0.4 is 10.5 Å². The molecule has 0 radical (unpaired) electrons. The zero-order valence-electron chi connectivity index (χ0n) is 9.41. The molecule has 0 aliphatic heterocycles. The molecule has 0 aliphatic carbocycles. The molecular formula is C12H8ClF3N2O. The minimum absolute atomic E-state index is 0.0793. The van der Waals surface area contributed by atoms with Gasteiger partial charge in [0.2, 0.25) is 5.88 Å². The van der Waals surface area contributed by atoms with Crippen molar-refractivity contribution in [2.75, 3.05) is 5.73 Å². The molecule has 1 aromatic heterocycles. The molecule has 0 unspecified atom stereocenters. The van der Waals surface area contributed by atoms with Crippen molar-refractivity contribution in [1.29, 1.82) is 0 Å². The third kappa shape index (κ3) is 3.29. The molecular weight excluding hydrogens is 281 g/mol. The van der Waals surface area contributed by atoms with Crippen molar-refractivity contribution in [3.8, 4) is 11.6 Å². The van der Waals surface area contributed by atoms with Crippen molar-refractivity contribution in [2.24, 2.45) is 0 Å². The summed E-state index contributed by atoms with van der Waals surface area (Å²) in [6, 6.07) is 5.66. The molecule has 2 aromatic rings. The second-order valence-electron chi connectivity index (χ2n) is 3.68. The molecule has 0 fully saturated rings. The maximum Gasteiger partial charge on any atom is 0.416 e. The summed E-state index contributed by atoms with van der Waals surface area (Å²) >= 11 is 5.84. The highest BCUT2D eigenvalue weighted by Gasteiger charge is 2.30. The highest BCUT2D eigenvalue weighted by molar-refractivity contribution is 6.32. The van der Waals surface area contributed by atoms with E-state index in [0.717, 1.165) is 12.1 Å². The molecule has 0 amide bonds. The molecule has 0 saturated carbocycles. The van der Waals surface area contributed by atoms with Crippen LogP contribution >= 0.6 is 11.6 Å². The lowest BCUT2D eigenvalue weighted by Crippen LogP contribution is -2.04. The Balaban J connectivity index is 2.20. The SMILES string of the molecule is Nc1cnc(Oc2ccc(C(F)(F)F)cc2)c(Cl)c1. The van der Waals surface area contributed by atoms with Gasteiger partial charge in [0.05, 0.1) is 17.4 Å². The first kappa shape index (κ1) is 13.5. The van der Waals surface area contributed by atoms with Gasteiger partial charge in [0.15, 0.2) is 0 Å². The summed E-state index contributed by atoms with van der Waals surface area (Å²) in [6.45, 7) is 0. The van der Waals surface area contributed by atoms with Crippen molar-refractivity contribution < 1.29 is 17.9 Å². The summed E-state index contributed by atoms with van der Waals surface area (Å²) in [5.74, 6) is 0.280. The van der Waals surface area contributed by atoms with E-state index in [2.05, 4.69) is 4.98 Å². The first-order chi connectivity index (χ1) is 8.86. The third-order valence-electron chi connectivity index (χ3n) is 2.22. The summed E-state index contributed by atoms with van der Waals surface area (Å²) in [5.41, 5.74) is 5.07. The molecule has 100 valence electrons. The summed E-state index contributed by atoms with van der Waals surface area (Å²) < 4.78 is 42.4. The van der Waals surface area contributed by atoms with E-state index in [0.29, 0.717) is 5.69 Å². The van der Waals surface area contributed by atoms with E-state index in [1.165, 1.54) is 24.4 Å². The fourth-order valence-corrected chi connectivity index (χ4v) is 1.55.